The minimum atomic E-state index is 0.475. The van der Waals surface area contributed by atoms with E-state index in [-0.39, 0.29) is 0 Å². The molecule has 0 N–H and O–H groups in total. The molecule has 0 saturated carbocycles. The molecule has 5 heteroatoms. The number of carbonyl (C=O) groups is 1. The molecule has 0 aliphatic heterocycles. The number of methoxy groups -OCH3 is 1. The van der Waals surface area contributed by atoms with Crippen LogP contribution < -0.4 is 4.74 Å². The van der Waals surface area contributed by atoms with Gasteiger partial charge >= 0.3 is 0 Å². The van der Waals surface area contributed by atoms with E-state index in [0.29, 0.717) is 32.6 Å². The molecule has 1 aromatic rings. The Morgan fingerprint density at radius 1 is 1.41 bits per heavy atom. The molecule has 0 saturated heterocycles. The number of carbonyl (C=O) groups excluding carboxylic acids is 1. The van der Waals surface area contributed by atoms with Gasteiger partial charge in [0.15, 0.2) is 6.29 Å². The molecule has 0 bridgehead atoms. The Labute approximate surface area is 117 Å². The smallest absolute Gasteiger partial charge is 0.154 e. The Kier molecular flexibility index (Phi) is 5.71. The van der Waals surface area contributed by atoms with Crippen molar-refractivity contribution in [2.45, 2.75) is 6.92 Å². The van der Waals surface area contributed by atoms with Crippen LogP contribution in [0.5, 0.6) is 5.75 Å². The van der Waals surface area contributed by atoms with Gasteiger partial charge in [-0.1, -0.05) is 12.1 Å². The number of halogens is 2. The van der Waals surface area contributed by atoms with Crippen LogP contribution in [0.25, 0.3) is 5.76 Å². The standard InChI is InChI=1S/C12H12Br2O3/c1-3-17-10-6-4-5-8(9(10)7-15)11(16-2)12(13)14/h4-7H,3H2,1-2H3. The number of ether oxygens (including phenoxy) is 2. The van der Waals surface area contributed by atoms with Gasteiger partial charge in [-0.2, -0.15) is 0 Å². The molecule has 0 amide bonds. The molecule has 0 unspecified atom stereocenters. The van der Waals surface area contributed by atoms with Gasteiger partial charge in [0.2, 0.25) is 0 Å². The zero-order valence-electron chi connectivity index (χ0n) is 9.50. The lowest BCUT2D eigenvalue weighted by Gasteiger charge is -2.13. The maximum atomic E-state index is 11.2. The Morgan fingerprint density at radius 3 is 2.59 bits per heavy atom. The third kappa shape index (κ3) is 3.33. The van der Waals surface area contributed by atoms with Gasteiger partial charge in [0.1, 0.15) is 14.9 Å². The predicted octanol–water partition coefficient (Wildman–Crippen LogP) is 3.96. The van der Waals surface area contributed by atoms with Crippen LogP contribution in [0.3, 0.4) is 0 Å². The molecule has 0 fully saturated rings. The third-order valence-corrected chi connectivity index (χ3v) is 2.82. The summed E-state index contributed by atoms with van der Waals surface area (Å²) in [6.07, 6.45) is 0.766. The first kappa shape index (κ1) is 14.3. The summed E-state index contributed by atoms with van der Waals surface area (Å²) in [6, 6.07) is 5.37. The van der Waals surface area contributed by atoms with Gasteiger partial charge in [0.25, 0.3) is 0 Å². The number of benzene rings is 1. The number of hydrogen-bond donors (Lipinski definition) is 0. The monoisotopic (exact) mass is 362 g/mol. The van der Waals surface area contributed by atoms with E-state index in [9.17, 15) is 4.79 Å². The summed E-state index contributed by atoms with van der Waals surface area (Å²) in [5, 5.41) is 0. The molecule has 92 valence electrons. The first-order valence-corrected chi connectivity index (χ1v) is 6.54. The van der Waals surface area contributed by atoms with Gasteiger partial charge in [-0.25, -0.2) is 0 Å². The lowest BCUT2D eigenvalue weighted by Crippen LogP contribution is -2.01. The molecule has 1 aromatic carbocycles. The zero-order valence-corrected chi connectivity index (χ0v) is 12.7. The fourth-order valence-electron chi connectivity index (χ4n) is 1.43. The van der Waals surface area contributed by atoms with Crippen LogP contribution in [0.4, 0.5) is 0 Å². The van der Waals surface area contributed by atoms with Crippen molar-refractivity contribution in [1.82, 2.24) is 0 Å². The van der Waals surface area contributed by atoms with Gasteiger partial charge in [-0.15, -0.1) is 0 Å². The van der Waals surface area contributed by atoms with Gasteiger partial charge in [0.05, 0.1) is 19.3 Å². The van der Waals surface area contributed by atoms with E-state index < -0.39 is 0 Å². The average molecular weight is 364 g/mol. The molecule has 0 aliphatic carbocycles. The zero-order chi connectivity index (χ0) is 12.8. The molecule has 0 heterocycles. The summed E-state index contributed by atoms with van der Waals surface area (Å²) in [5.74, 6) is 1.10. The van der Waals surface area contributed by atoms with Crippen molar-refractivity contribution in [2.24, 2.45) is 0 Å². The van der Waals surface area contributed by atoms with E-state index in [0.717, 1.165) is 6.29 Å². The highest BCUT2D eigenvalue weighted by atomic mass is 79.9. The fourth-order valence-corrected chi connectivity index (χ4v) is 2.18. The maximum Gasteiger partial charge on any atom is 0.154 e. The van der Waals surface area contributed by atoms with Crippen molar-refractivity contribution >= 4 is 43.9 Å². The van der Waals surface area contributed by atoms with Crippen LogP contribution in [-0.2, 0) is 4.74 Å². The quantitative estimate of drug-likeness (QED) is 0.586. The number of hydrogen-bond acceptors (Lipinski definition) is 3. The lowest BCUT2D eigenvalue weighted by molar-refractivity contribution is 0.111. The van der Waals surface area contributed by atoms with E-state index in [1.54, 1.807) is 19.2 Å². The van der Waals surface area contributed by atoms with E-state index >= 15 is 0 Å². The normalized spacial score (nSPS) is 9.65. The second-order valence-corrected chi connectivity index (χ2v) is 5.71. The number of rotatable bonds is 5. The third-order valence-electron chi connectivity index (χ3n) is 2.10. The van der Waals surface area contributed by atoms with Crippen LogP contribution in [-0.4, -0.2) is 20.0 Å². The van der Waals surface area contributed by atoms with Crippen molar-refractivity contribution in [3.63, 3.8) is 0 Å². The van der Waals surface area contributed by atoms with Crippen molar-refractivity contribution in [1.29, 1.82) is 0 Å². The molecule has 0 aromatic heterocycles. The Hall–Kier alpha value is -0.810. The largest absolute Gasteiger partial charge is 0.494 e. The van der Waals surface area contributed by atoms with Crippen LogP contribution >= 0.6 is 31.9 Å². The van der Waals surface area contributed by atoms with Gasteiger partial charge in [-0.3, -0.25) is 4.79 Å². The van der Waals surface area contributed by atoms with Crippen molar-refractivity contribution in [3.05, 3.63) is 32.7 Å². The van der Waals surface area contributed by atoms with Gasteiger partial charge < -0.3 is 9.47 Å². The first-order valence-electron chi connectivity index (χ1n) is 4.96. The summed E-state index contributed by atoms with van der Waals surface area (Å²) in [7, 11) is 1.54. The summed E-state index contributed by atoms with van der Waals surface area (Å²) < 4.78 is 11.3. The fraction of sp³-hybridized carbons (Fsp3) is 0.250. The second-order valence-electron chi connectivity index (χ2n) is 3.06. The summed E-state index contributed by atoms with van der Waals surface area (Å²) in [4.78, 5) is 11.2. The molecule has 1 rings (SSSR count). The molecular weight excluding hydrogens is 352 g/mol. The molecule has 17 heavy (non-hydrogen) atoms. The van der Waals surface area contributed by atoms with E-state index in [4.69, 9.17) is 9.47 Å². The Morgan fingerprint density at radius 2 is 2.12 bits per heavy atom. The first-order chi connectivity index (χ1) is 8.15. The van der Waals surface area contributed by atoms with Gasteiger partial charge in [0, 0.05) is 5.56 Å². The Bertz CT molecular complexity index is 437. The highest BCUT2D eigenvalue weighted by molar-refractivity contribution is 9.28. The SMILES string of the molecule is CCOc1cccc(C(OC)=C(Br)Br)c1C=O. The maximum absolute atomic E-state index is 11.2. The summed E-state index contributed by atoms with van der Waals surface area (Å²) in [6.45, 7) is 2.38. The van der Waals surface area contributed by atoms with Crippen LogP contribution in [0, 0.1) is 0 Å². The lowest BCUT2D eigenvalue weighted by atomic mass is 10.1. The van der Waals surface area contributed by atoms with Crippen molar-refractivity contribution in [3.8, 4) is 5.75 Å². The van der Waals surface area contributed by atoms with Gasteiger partial charge in [-0.05, 0) is 44.8 Å². The molecule has 0 aliphatic rings. The topological polar surface area (TPSA) is 35.5 Å². The molecular formula is C12H12Br2O3. The van der Waals surface area contributed by atoms with E-state index in [2.05, 4.69) is 31.9 Å². The van der Waals surface area contributed by atoms with Crippen LogP contribution in [0.2, 0.25) is 0 Å². The molecule has 0 radical (unpaired) electrons. The van der Waals surface area contributed by atoms with Crippen LogP contribution in [0.15, 0.2) is 21.6 Å². The van der Waals surface area contributed by atoms with E-state index in [1.807, 2.05) is 13.0 Å². The highest BCUT2D eigenvalue weighted by Gasteiger charge is 2.15. The van der Waals surface area contributed by atoms with Crippen LogP contribution in [0.1, 0.15) is 22.8 Å². The minimum Gasteiger partial charge on any atom is -0.494 e. The highest BCUT2D eigenvalue weighted by Crippen LogP contribution is 2.32. The summed E-state index contributed by atoms with van der Waals surface area (Å²) >= 11 is 6.56. The van der Waals surface area contributed by atoms with E-state index in [1.165, 1.54) is 0 Å². The number of aldehydes is 1. The second kappa shape index (κ2) is 6.81. The Balaban J connectivity index is 3.38. The average Bonchev–Trinajstić information content (AvgIpc) is 2.30. The van der Waals surface area contributed by atoms with Crippen molar-refractivity contribution in [2.75, 3.05) is 13.7 Å². The summed E-state index contributed by atoms with van der Waals surface area (Å²) in [5.41, 5.74) is 1.15. The minimum absolute atomic E-state index is 0.475. The molecule has 0 atom stereocenters. The predicted molar refractivity (Wildman–Crippen MR) is 74.8 cm³/mol. The molecule has 3 nitrogen and oxygen atoms in total. The van der Waals surface area contributed by atoms with Crippen molar-refractivity contribution < 1.29 is 14.3 Å². The molecule has 0 spiro atoms.